The van der Waals surface area contributed by atoms with Crippen LogP contribution in [0.3, 0.4) is 0 Å². The van der Waals surface area contributed by atoms with Crippen LogP contribution in [0.1, 0.15) is 26.7 Å². The maximum Gasteiger partial charge on any atom is 0.253 e. The van der Waals surface area contributed by atoms with Crippen molar-refractivity contribution in [3.05, 3.63) is 54.6 Å². The van der Waals surface area contributed by atoms with Crippen molar-refractivity contribution in [2.75, 3.05) is 31.6 Å². The summed E-state index contributed by atoms with van der Waals surface area (Å²) in [7, 11) is 1.67. The Morgan fingerprint density at radius 1 is 1.28 bits per heavy atom. The first kappa shape index (κ1) is 29.8. The molecule has 1 N–H and O–H groups in total. The standard InChI is InChI=1S/C29H37BrClN3O5/c1-6-13-32(5)26(36)22-23-27(37)34(21(16-35)17(4)8-3)25(29(23)15-18(30)24(22)39-29)28(38)33(14-7-2)20-12-10-9-11-19(20)31/h6-7,9-12,17-18,21-25,35H,1-2,8,13-16H2,3-5H3/t17-,18?,21-,22+,23-,24+,25?,29?/m0/s1. The Bertz CT molecular complexity index is 1150. The SMILES string of the molecule is C=CCN(C)C(=O)[C@H]1[C@@H]2OC3(CC2Br)C(C(=O)N(CC=C)c2ccccc2Cl)N([C@@H](CO)[C@@H](C)CC)C(=O)[C@H]13. The fourth-order valence-corrected chi connectivity index (χ4v) is 7.77. The first-order chi connectivity index (χ1) is 18.6. The minimum atomic E-state index is -1.25. The molecule has 3 heterocycles. The molecule has 0 radical (unpaired) electrons. The van der Waals surface area contributed by atoms with Crippen LogP contribution in [0.25, 0.3) is 0 Å². The summed E-state index contributed by atoms with van der Waals surface area (Å²) in [6.45, 7) is 11.6. The molecular weight excluding hydrogens is 586 g/mol. The molecule has 3 saturated heterocycles. The molecule has 8 atom stereocenters. The number of carbonyl (C=O) groups excluding carboxylic acids is 3. The van der Waals surface area contributed by atoms with Crippen molar-refractivity contribution in [1.29, 1.82) is 0 Å². The average molecular weight is 623 g/mol. The molecule has 2 bridgehead atoms. The number of ether oxygens (including phenoxy) is 1. The van der Waals surface area contributed by atoms with Crippen LogP contribution in [-0.4, -0.2) is 88.0 Å². The molecule has 4 rings (SSSR count). The number of carbonyl (C=O) groups is 3. The molecule has 1 aromatic carbocycles. The Morgan fingerprint density at radius 2 is 1.95 bits per heavy atom. The summed E-state index contributed by atoms with van der Waals surface area (Å²) in [6.07, 6.45) is 3.72. The number of aliphatic hydroxyl groups excluding tert-OH is 1. The number of likely N-dealkylation sites (N-methyl/N-ethyl adjacent to an activating group) is 1. The van der Waals surface area contributed by atoms with Crippen molar-refractivity contribution in [3.63, 3.8) is 0 Å². The van der Waals surface area contributed by atoms with Gasteiger partial charge in [0.05, 0.1) is 41.3 Å². The van der Waals surface area contributed by atoms with Crippen molar-refractivity contribution in [2.45, 2.75) is 55.3 Å². The molecule has 1 aromatic rings. The zero-order chi connectivity index (χ0) is 28.6. The number of para-hydroxylation sites is 1. The average Bonchev–Trinajstić information content (AvgIpc) is 3.51. The number of halogens is 2. The number of anilines is 1. The lowest BCUT2D eigenvalue weighted by molar-refractivity contribution is -0.147. The molecule has 3 amide bonds. The second kappa shape index (κ2) is 11.7. The van der Waals surface area contributed by atoms with Gasteiger partial charge in [0.25, 0.3) is 5.91 Å². The molecule has 10 heteroatoms. The number of benzene rings is 1. The van der Waals surface area contributed by atoms with Crippen molar-refractivity contribution >= 4 is 50.9 Å². The van der Waals surface area contributed by atoms with Crippen molar-refractivity contribution in [1.82, 2.24) is 9.80 Å². The third kappa shape index (κ3) is 4.75. The number of alkyl halides is 1. The van der Waals surface area contributed by atoms with Crippen LogP contribution in [0.15, 0.2) is 49.6 Å². The highest BCUT2D eigenvalue weighted by Gasteiger charge is 2.77. The lowest BCUT2D eigenvalue weighted by Crippen LogP contribution is -2.60. The monoisotopic (exact) mass is 621 g/mol. The number of amides is 3. The quantitative estimate of drug-likeness (QED) is 0.301. The predicted octanol–water partition coefficient (Wildman–Crippen LogP) is 3.66. The van der Waals surface area contributed by atoms with E-state index < -0.39 is 35.6 Å². The number of rotatable bonds is 11. The van der Waals surface area contributed by atoms with Crippen LogP contribution in [0.2, 0.25) is 5.02 Å². The molecule has 3 aliphatic heterocycles. The number of nitrogens with zero attached hydrogens (tertiary/aromatic N) is 3. The van der Waals surface area contributed by atoms with Gasteiger partial charge in [0.1, 0.15) is 11.6 Å². The van der Waals surface area contributed by atoms with Crippen LogP contribution in [0, 0.1) is 17.8 Å². The van der Waals surface area contributed by atoms with Gasteiger partial charge in [-0.1, -0.05) is 72.1 Å². The first-order valence-corrected chi connectivity index (χ1v) is 14.7. The Balaban J connectivity index is 1.88. The number of likely N-dealkylation sites (tertiary alicyclic amines) is 1. The first-order valence-electron chi connectivity index (χ1n) is 13.4. The van der Waals surface area contributed by atoms with Crippen molar-refractivity contribution in [3.8, 4) is 0 Å². The second-order valence-electron chi connectivity index (χ2n) is 10.7. The summed E-state index contributed by atoms with van der Waals surface area (Å²) in [4.78, 5) is 47.1. The van der Waals surface area contributed by atoms with E-state index in [-0.39, 0.29) is 41.6 Å². The Labute approximate surface area is 243 Å². The summed E-state index contributed by atoms with van der Waals surface area (Å²) < 4.78 is 6.62. The molecule has 0 aromatic heterocycles. The molecule has 0 saturated carbocycles. The highest BCUT2D eigenvalue weighted by atomic mass is 79.9. The second-order valence-corrected chi connectivity index (χ2v) is 12.3. The van der Waals surface area contributed by atoms with Gasteiger partial charge >= 0.3 is 0 Å². The van der Waals surface area contributed by atoms with Gasteiger partial charge in [0, 0.05) is 25.0 Å². The number of fused-ring (bicyclic) bond motifs is 1. The van der Waals surface area contributed by atoms with Crippen LogP contribution in [0.4, 0.5) is 5.69 Å². The van der Waals surface area contributed by atoms with E-state index in [9.17, 15) is 19.5 Å². The van der Waals surface area contributed by atoms with Crippen LogP contribution in [0.5, 0.6) is 0 Å². The largest absolute Gasteiger partial charge is 0.394 e. The normalized spacial score (nSPS) is 30.6. The van der Waals surface area contributed by atoms with Crippen molar-refractivity contribution < 1.29 is 24.2 Å². The topological polar surface area (TPSA) is 90.4 Å². The van der Waals surface area contributed by atoms with Gasteiger partial charge in [-0.05, 0) is 24.5 Å². The summed E-state index contributed by atoms with van der Waals surface area (Å²) in [5.41, 5.74) is -0.758. The molecule has 3 unspecified atom stereocenters. The minimum absolute atomic E-state index is 0.104. The zero-order valence-electron chi connectivity index (χ0n) is 22.6. The fourth-order valence-electron chi connectivity index (χ4n) is 6.59. The van der Waals surface area contributed by atoms with E-state index >= 15 is 0 Å². The lowest BCUT2D eigenvalue weighted by Gasteiger charge is -2.41. The summed E-state index contributed by atoms with van der Waals surface area (Å²) in [6, 6.07) is 5.31. The molecule has 0 aliphatic carbocycles. The smallest absolute Gasteiger partial charge is 0.253 e. The summed E-state index contributed by atoms with van der Waals surface area (Å²) >= 11 is 10.2. The number of aliphatic hydroxyl groups is 1. The zero-order valence-corrected chi connectivity index (χ0v) is 25.0. The van der Waals surface area contributed by atoms with Crippen LogP contribution in [-0.2, 0) is 19.1 Å². The summed E-state index contributed by atoms with van der Waals surface area (Å²) in [5.74, 6) is -2.68. The van der Waals surface area contributed by atoms with Crippen LogP contribution >= 0.6 is 27.5 Å². The number of hydrogen-bond donors (Lipinski definition) is 1. The molecule has 3 aliphatic rings. The Morgan fingerprint density at radius 3 is 2.54 bits per heavy atom. The van der Waals surface area contributed by atoms with E-state index in [0.717, 1.165) is 0 Å². The Kier molecular flexibility index (Phi) is 8.95. The molecule has 1 spiro atoms. The number of hydrogen-bond acceptors (Lipinski definition) is 5. The van der Waals surface area contributed by atoms with Gasteiger partial charge in [-0.3, -0.25) is 14.4 Å². The van der Waals surface area contributed by atoms with E-state index in [0.29, 0.717) is 30.1 Å². The molecule has 3 fully saturated rings. The van der Waals surface area contributed by atoms with Gasteiger partial charge in [-0.15, -0.1) is 13.2 Å². The van der Waals surface area contributed by atoms with E-state index in [1.807, 2.05) is 13.8 Å². The molecule has 212 valence electrons. The minimum Gasteiger partial charge on any atom is -0.394 e. The molecule has 39 heavy (non-hydrogen) atoms. The van der Waals surface area contributed by atoms with Gasteiger partial charge < -0.3 is 24.5 Å². The maximum absolute atomic E-state index is 14.7. The van der Waals surface area contributed by atoms with Gasteiger partial charge in [0.15, 0.2) is 0 Å². The van der Waals surface area contributed by atoms with Gasteiger partial charge in [-0.2, -0.15) is 0 Å². The van der Waals surface area contributed by atoms with E-state index in [1.165, 1.54) is 14.7 Å². The molecular formula is C29H37BrClN3O5. The van der Waals surface area contributed by atoms with Crippen molar-refractivity contribution in [2.24, 2.45) is 17.8 Å². The van der Waals surface area contributed by atoms with Gasteiger partial charge in [-0.25, -0.2) is 0 Å². The highest BCUT2D eigenvalue weighted by Crippen LogP contribution is 2.61. The fraction of sp³-hybridized carbons (Fsp3) is 0.552. The maximum atomic E-state index is 14.7. The van der Waals surface area contributed by atoms with E-state index in [4.69, 9.17) is 16.3 Å². The Hall–Kier alpha value is -2.20. The van der Waals surface area contributed by atoms with E-state index in [1.54, 1.807) is 43.5 Å². The third-order valence-corrected chi connectivity index (χ3v) is 9.76. The highest BCUT2D eigenvalue weighted by molar-refractivity contribution is 9.09. The van der Waals surface area contributed by atoms with Crippen LogP contribution < -0.4 is 4.90 Å². The lowest BCUT2D eigenvalue weighted by atomic mass is 9.70. The summed E-state index contributed by atoms with van der Waals surface area (Å²) in [5, 5.41) is 10.9. The third-order valence-electron chi connectivity index (χ3n) is 8.59. The van der Waals surface area contributed by atoms with Gasteiger partial charge in [0.2, 0.25) is 11.8 Å². The predicted molar refractivity (Wildman–Crippen MR) is 155 cm³/mol. The molecule has 8 nitrogen and oxygen atoms in total. The van der Waals surface area contributed by atoms with E-state index in [2.05, 4.69) is 29.1 Å².